The Morgan fingerprint density at radius 1 is 1.36 bits per heavy atom. The molecule has 3 N–H and O–H groups in total. The fourth-order valence-electron chi connectivity index (χ4n) is 2.06. The molecular weight excluding hydrogens is 409 g/mol. The summed E-state index contributed by atoms with van der Waals surface area (Å²) in [4.78, 5) is 6.29. The Balaban J connectivity index is 0.00000441. The van der Waals surface area contributed by atoms with Crippen LogP contribution in [-0.2, 0) is 4.74 Å². The molecule has 0 aromatic carbocycles. The van der Waals surface area contributed by atoms with Gasteiger partial charge in [0.15, 0.2) is 5.96 Å². The summed E-state index contributed by atoms with van der Waals surface area (Å²) < 4.78 is 29.7. The fraction of sp³-hybridized carbons (Fsp3) is 0.923. The van der Waals surface area contributed by atoms with Crippen LogP contribution in [-0.4, -0.2) is 80.5 Å². The van der Waals surface area contributed by atoms with Gasteiger partial charge in [-0.05, 0) is 13.8 Å². The van der Waals surface area contributed by atoms with E-state index in [2.05, 4.69) is 20.5 Å². The Morgan fingerprint density at radius 3 is 2.55 bits per heavy atom. The molecule has 0 aromatic rings. The summed E-state index contributed by atoms with van der Waals surface area (Å²) in [6, 6.07) is 0. The number of β-amino-alcohol motifs (C(OH)–C–C–N with tert-alkyl or cyclic N) is 1. The molecule has 132 valence electrons. The van der Waals surface area contributed by atoms with Gasteiger partial charge >= 0.3 is 0 Å². The van der Waals surface area contributed by atoms with E-state index in [4.69, 9.17) is 4.74 Å². The summed E-state index contributed by atoms with van der Waals surface area (Å²) in [6.45, 7) is 7.17. The van der Waals surface area contributed by atoms with Gasteiger partial charge in [0.1, 0.15) is 0 Å². The summed E-state index contributed by atoms with van der Waals surface area (Å²) in [6.07, 6.45) is -2.44. The van der Waals surface area contributed by atoms with Crippen LogP contribution in [0.2, 0.25) is 0 Å². The van der Waals surface area contributed by atoms with Crippen molar-refractivity contribution in [1.29, 1.82) is 0 Å². The van der Waals surface area contributed by atoms with Crippen molar-refractivity contribution in [2.75, 3.05) is 52.5 Å². The van der Waals surface area contributed by atoms with Crippen molar-refractivity contribution < 1.29 is 18.6 Å². The molecule has 1 aliphatic rings. The molecule has 0 saturated carbocycles. The van der Waals surface area contributed by atoms with Crippen LogP contribution in [0.15, 0.2) is 4.99 Å². The number of rotatable bonds is 7. The number of nitrogens with one attached hydrogen (secondary N) is 2. The lowest BCUT2D eigenvalue weighted by Gasteiger charge is -2.33. The Bertz CT molecular complexity index is 327. The quantitative estimate of drug-likeness (QED) is 0.308. The van der Waals surface area contributed by atoms with E-state index in [-0.39, 0.29) is 30.5 Å². The van der Waals surface area contributed by atoms with Gasteiger partial charge < -0.3 is 20.5 Å². The lowest BCUT2D eigenvalue weighted by molar-refractivity contribution is -0.0180. The average molecular weight is 436 g/mol. The van der Waals surface area contributed by atoms with Crippen LogP contribution in [0.3, 0.4) is 0 Å². The van der Waals surface area contributed by atoms with Crippen LogP contribution >= 0.6 is 24.0 Å². The Morgan fingerprint density at radius 2 is 2.00 bits per heavy atom. The zero-order valence-corrected chi connectivity index (χ0v) is 15.5. The standard InChI is InChI=1S/C13H26F2N4O2.HI/c1-3-16-12(17-8-11(14)15)18-9-13(2,20)10-19-4-6-21-7-5-19;/h11,20H,3-10H2,1-2H3,(H2,16,17,18);1H. The zero-order chi connectivity index (χ0) is 15.7. The molecule has 22 heavy (non-hydrogen) atoms. The maximum Gasteiger partial charge on any atom is 0.255 e. The topological polar surface area (TPSA) is 69.1 Å². The first kappa shape index (κ1) is 21.7. The molecule has 0 aromatic heterocycles. The molecule has 0 aliphatic carbocycles. The highest BCUT2D eigenvalue weighted by Crippen LogP contribution is 2.09. The molecular formula is C13H27F2IN4O2. The molecule has 1 heterocycles. The molecule has 1 aliphatic heterocycles. The largest absolute Gasteiger partial charge is 0.387 e. The van der Waals surface area contributed by atoms with Crippen LogP contribution in [0.5, 0.6) is 0 Å². The van der Waals surface area contributed by atoms with Crippen LogP contribution in [0, 0.1) is 0 Å². The molecule has 1 rings (SSSR count). The third-order valence-electron chi connectivity index (χ3n) is 3.01. The van der Waals surface area contributed by atoms with E-state index in [0.29, 0.717) is 32.3 Å². The second kappa shape index (κ2) is 11.3. The highest BCUT2D eigenvalue weighted by molar-refractivity contribution is 14.0. The minimum Gasteiger partial charge on any atom is -0.387 e. The number of hydrogen-bond acceptors (Lipinski definition) is 4. The van der Waals surface area contributed by atoms with Gasteiger partial charge in [0.2, 0.25) is 0 Å². The summed E-state index contributed by atoms with van der Waals surface area (Å²) in [5, 5.41) is 15.8. The van der Waals surface area contributed by atoms with Crippen molar-refractivity contribution in [3.63, 3.8) is 0 Å². The minimum absolute atomic E-state index is 0. The van der Waals surface area contributed by atoms with E-state index >= 15 is 0 Å². The highest BCUT2D eigenvalue weighted by atomic mass is 127. The van der Waals surface area contributed by atoms with E-state index in [0.717, 1.165) is 13.1 Å². The van der Waals surface area contributed by atoms with Gasteiger partial charge in [0, 0.05) is 26.2 Å². The molecule has 1 saturated heterocycles. The van der Waals surface area contributed by atoms with Gasteiger partial charge in [-0.2, -0.15) is 0 Å². The predicted octanol–water partition coefficient (Wildman–Crippen LogP) is 0.508. The van der Waals surface area contributed by atoms with Crippen molar-refractivity contribution in [3.8, 4) is 0 Å². The normalized spacial score (nSPS) is 19.5. The number of nitrogens with zero attached hydrogens (tertiary/aromatic N) is 2. The molecule has 1 unspecified atom stereocenters. The van der Waals surface area contributed by atoms with E-state index in [1.165, 1.54) is 0 Å². The summed E-state index contributed by atoms with van der Waals surface area (Å²) >= 11 is 0. The Kier molecular flexibility index (Phi) is 11.2. The van der Waals surface area contributed by atoms with Gasteiger partial charge in [-0.25, -0.2) is 8.78 Å². The van der Waals surface area contributed by atoms with Crippen LogP contribution in [0.1, 0.15) is 13.8 Å². The van der Waals surface area contributed by atoms with Crippen molar-refractivity contribution in [3.05, 3.63) is 0 Å². The van der Waals surface area contributed by atoms with E-state index in [1.54, 1.807) is 6.92 Å². The number of aliphatic hydroxyl groups is 1. The predicted molar refractivity (Wildman–Crippen MR) is 93.3 cm³/mol. The molecule has 9 heteroatoms. The number of aliphatic imine (C=N–C) groups is 1. The number of morpholine rings is 1. The number of halogens is 3. The highest BCUT2D eigenvalue weighted by Gasteiger charge is 2.25. The molecule has 1 atom stereocenters. The van der Waals surface area contributed by atoms with Crippen molar-refractivity contribution >= 4 is 29.9 Å². The maximum atomic E-state index is 12.2. The zero-order valence-electron chi connectivity index (χ0n) is 13.1. The van der Waals surface area contributed by atoms with Gasteiger partial charge in [-0.1, -0.05) is 0 Å². The number of guanidine groups is 1. The molecule has 0 spiro atoms. The first-order valence-electron chi connectivity index (χ1n) is 7.26. The SMILES string of the molecule is CCNC(=NCC(C)(O)CN1CCOCC1)NCC(F)F.I. The smallest absolute Gasteiger partial charge is 0.255 e. The van der Waals surface area contributed by atoms with Crippen LogP contribution in [0.4, 0.5) is 8.78 Å². The minimum atomic E-state index is -2.44. The third-order valence-corrected chi connectivity index (χ3v) is 3.01. The Hall–Kier alpha value is -0.260. The average Bonchev–Trinajstić information content (AvgIpc) is 2.42. The monoisotopic (exact) mass is 436 g/mol. The maximum absolute atomic E-state index is 12.2. The number of hydrogen-bond donors (Lipinski definition) is 3. The number of ether oxygens (including phenoxy) is 1. The van der Waals surface area contributed by atoms with E-state index in [1.807, 2.05) is 6.92 Å². The van der Waals surface area contributed by atoms with Crippen molar-refractivity contribution in [2.45, 2.75) is 25.9 Å². The molecule has 0 radical (unpaired) electrons. The number of alkyl halides is 2. The molecule has 6 nitrogen and oxygen atoms in total. The van der Waals surface area contributed by atoms with E-state index in [9.17, 15) is 13.9 Å². The lowest BCUT2D eigenvalue weighted by Crippen LogP contribution is -2.48. The molecule has 1 fully saturated rings. The lowest BCUT2D eigenvalue weighted by atomic mass is 10.1. The van der Waals surface area contributed by atoms with Gasteiger partial charge in [0.25, 0.3) is 6.43 Å². The van der Waals surface area contributed by atoms with Gasteiger partial charge in [0.05, 0.1) is 31.9 Å². The van der Waals surface area contributed by atoms with Crippen LogP contribution in [0.25, 0.3) is 0 Å². The Labute approximate surface area is 147 Å². The first-order chi connectivity index (χ1) is 9.93. The van der Waals surface area contributed by atoms with Gasteiger partial charge in [-0.3, -0.25) is 9.89 Å². The first-order valence-corrected chi connectivity index (χ1v) is 7.26. The summed E-state index contributed by atoms with van der Waals surface area (Å²) in [7, 11) is 0. The second-order valence-electron chi connectivity index (χ2n) is 5.35. The molecule has 0 bridgehead atoms. The second-order valence-corrected chi connectivity index (χ2v) is 5.35. The summed E-state index contributed by atoms with van der Waals surface area (Å²) in [5.74, 6) is 0.292. The van der Waals surface area contributed by atoms with Crippen molar-refractivity contribution in [2.24, 2.45) is 4.99 Å². The van der Waals surface area contributed by atoms with E-state index < -0.39 is 18.6 Å². The van der Waals surface area contributed by atoms with Crippen LogP contribution < -0.4 is 10.6 Å². The van der Waals surface area contributed by atoms with Crippen molar-refractivity contribution in [1.82, 2.24) is 15.5 Å². The summed E-state index contributed by atoms with van der Waals surface area (Å²) in [5.41, 5.74) is -1.01. The fourth-order valence-corrected chi connectivity index (χ4v) is 2.06. The molecule has 0 amide bonds. The van der Waals surface area contributed by atoms with Gasteiger partial charge in [-0.15, -0.1) is 24.0 Å². The third kappa shape index (κ3) is 9.70.